The Bertz CT molecular complexity index is 886. The van der Waals surface area contributed by atoms with E-state index in [-0.39, 0.29) is 23.2 Å². The summed E-state index contributed by atoms with van der Waals surface area (Å²) in [5.74, 6) is 0.381. The molecule has 3 atom stereocenters. The molecule has 0 radical (unpaired) electrons. The van der Waals surface area contributed by atoms with Crippen LogP contribution in [-0.2, 0) is 16.0 Å². The Morgan fingerprint density at radius 3 is 2.77 bits per heavy atom. The minimum absolute atomic E-state index is 0.0513. The summed E-state index contributed by atoms with van der Waals surface area (Å²) in [5.41, 5.74) is 8.61. The standard InChI is InChI=1S/C25H34N4O2/c1-2-17-4-3-9-25(13-17)14-20-6-5-19(15-26)12-21(20)22(25)23(30)29(24(27)28)16-18-7-10-31-11-8-18/h5-6,12,17-18,22H,2-4,7-11,13-14,16H2,1H3,(H3,27,28). The van der Waals surface area contributed by atoms with Crippen molar-refractivity contribution in [1.29, 1.82) is 10.7 Å². The van der Waals surface area contributed by atoms with Gasteiger partial charge >= 0.3 is 0 Å². The Labute approximate surface area is 185 Å². The molecule has 31 heavy (non-hydrogen) atoms. The van der Waals surface area contributed by atoms with E-state index < -0.39 is 0 Å². The van der Waals surface area contributed by atoms with Gasteiger partial charge in [0.05, 0.1) is 17.6 Å². The predicted octanol–water partition coefficient (Wildman–Crippen LogP) is 3.93. The van der Waals surface area contributed by atoms with E-state index in [2.05, 4.69) is 13.0 Å². The molecule has 1 spiro atoms. The number of carbonyl (C=O) groups is 1. The molecule has 2 fully saturated rings. The lowest BCUT2D eigenvalue weighted by Crippen LogP contribution is -2.50. The Balaban J connectivity index is 1.71. The highest BCUT2D eigenvalue weighted by Crippen LogP contribution is 2.57. The van der Waals surface area contributed by atoms with Crippen molar-refractivity contribution in [2.45, 2.75) is 64.2 Å². The van der Waals surface area contributed by atoms with Crippen LogP contribution in [0.15, 0.2) is 18.2 Å². The van der Waals surface area contributed by atoms with Crippen LogP contribution >= 0.6 is 0 Å². The number of benzene rings is 1. The summed E-state index contributed by atoms with van der Waals surface area (Å²) in [7, 11) is 0. The van der Waals surface area contributed by atoms with Crippen molar-refractivity contribution in [2.24, 2.45) is 23.0 Å². The van der Waals surface area contributed by atoms with Crippen molar-refractivity contribution in [1.82, 2.24) is 4.90 Å². The molecule has 2 aliphatic carbocycles. The fraction of sp³-hybridized carbons (Fsp3) is 0.640. The van der Waals surface area contributed by atoms with Crippen molar-refractivity contribution in [3.05, 3.63) is 34.9 Å². The van der Waals surface area contributed by atoms with Crippen LogP contribution in [0.4, 0.5) is 0 Å². The maximum atomic E-state index is 14.1. The van der Waals surface area contributed by atoms with Crippen LogP contribution in [0.2, 0.25) is 0 Å². The van der Waals surface area contributed by atoms with Crippen LogP contribution in [-0.4, -0.2) is 36.5 Å². The lowest BCUT2D eigenvalue weighted by Gasteiger charge is -2.43. The molecule has 1 amide bonds. The fourth-order valence-electron chi connectivity index (χ4n) is 6.24. The molecule has 3 aliphatic rings. The number of nitriles is 1. The molecule has 1 aromatic rings. The monoisotopic (exact) mass is 422 g/mol. The molecule has 6 heteroatoms. The summed E-state index contributed by atoms with van der Waals surface area (Å²) < 4.78 is 5.47. The largest absolute Gasteiger partial charge is 0.381 e. The summed E-state index contributed by atoms with van der Waals surface area (Å²) >= 11 is 0. The number of carbonyl (C=O) groups excluding carboxylic acids is 1. The number of ether oxygens (including phenoxy) is 1. The van der Waals surface area contributed by atoms with Gasteiger partial charge in [-0.2, -0.15) is 5.26 Å². The normalized spacial score (nSPS) is 28.1. The molecular formula is C25H34N4O2. The number of hydrogen-bond acceptors (Lipinski definition) is 4. The number of fused-ring (bicyclic) bond motifs is 1. The first-order chi connectivity index (χ1) is 15.0. The molecule has 3 unspecified atom stereocenters. The predicted molar refractivity (Wildman–Crippen MR) is 119 cm³/mol. The molecule has 6 nitrogen and oxygen atoms in total. The third kappa shape index (κ3) is 4.21. The minimum atomic E-state index is -0.325. The minimum Gasteiger partial charge on any atom is -0.381 e. The number of guanidine groups is 1. The number of amides is 1. The van der Waals surface area contributed by atoms with Crippen LogP contribution < -0.4 is 5.73 Å². The van der Waals surface area contributed by atoms with Crippen molar-refractivity contribution < 1.29 is 9.53 Å². The SMILES string of the molecule is CCC1CCCC2(Cc3ccc(C#N)cc3C2C(=O)N(CC2CCOCC2)C(=N)N)C1. The first kappa shape index (κ1) is 21.8. The summed E-state index contributed by atoms with van der Waals surface area (Å²) in [5, 5.41) is 17.7. The Kier molecular flexibility index (Phi) is 6.34. The smallest absolute Gasteiger partial charge is 0.237 e. The molecule has 1 aromatic carbocycles. The van der Waals surface area contributed by atoms with Gasteiger partial charge in [0.15, 0.2) is 5.96 Å². The van der Waals surface area contributed by atoms with E-state index >= 15 is 0 Å². The number of nitrogens with two attached hydrogens (primary N) is 1. The average Bonchev–Trinajstić information content (AvgIpc) is 3.09. The van der Waals surface area contributed by atoms with Gasteiger partial charge in [0.2, 0.25) is 5.91 Å². The van der Waals surface area contributed by atoms with Crippen LogP contribution in [0.5, 0.6) is 0 Å². The van der Waals surface area contributed by atoms with E-state index in [1.54, 1.807) is 0 Å². The second-order valence-electron chi connectivity index (χ2n) is 9.76. The quantitative estimate of drug-likeness (QED) is 0.567. The highest BCUT2D eigenvalue weighted by Gasteiger charge is 2.52. The number of nitrogens with one attached hydrogen (secondary N) is 1. The third-order valence-corrected chi connectivity index (χ3v) is 7.89. The van der Waals surface area contributed by atoms with Gasteiger partial charge in [0, 0.05) is 19.8 Å². The zero-order chi connectivity index (χ0) is 22.0. The number of hydrogen-bond donors (Lipinski definition) is 2. The molecule has 0 bridgehead atoms. The van der Waals surface area contributed by atoms with Crippen molar-refractivity contribution in [2.75, 3.05) is 19.8 Å². The highest BCUT2D eigenvalue weighted by atomic mass is 16.5. The molecule has 166 valence electrons. The summed E-state index contributed by atoms with van der Waals surface area (Å²) in [6.07, 6.45) is 8.17. The van der Waals surface area contributed by atoms with Crippen LogP contribution in [0.3, 0.4) is 0 Å². The van der Waals surface area contributed by atoms with Crippen LogP contribution in [0.25, 0.3) is 0 Å². The average molecular weight is 423 g/mol. The molecule has 1 heterocycles. The van der Waals surface area contributed by atoms with E-state index in [0.717, 1.165) is 50.5 Å². The maximum Gasteiger partial charge on any atom is 0.237 e. The zero-order valence-electron chi connectivity index (χ0n) is 18.5. The number of rotatable bonds is 4. The Hall–Kier alpha value is -2.39. The molecule has 4 rings (SSSR count). The van der Waals surface area contributed by atoms with Gasteiger partial charge in [0.1, 0.15) is 0 Å². The lowest BCUT2D eigenvalue weighted by atomic mass is 9.62. The van der Waals surface area contributed by atoms with E-state index in [0.29, 0.717) is 37.2 Å². The van der Waals surface area contributed by atoms with Crippen LogP contribution in [0, 0.1) is 34.0 Å². The molecule has 1 saturated carbocycles. The fourth-order valence-corrected chi connectivity index (χ4v) is 6.24. The van der Waals surface area contributed by atoms with E-state index in [4.69, 9.17) is 15.9 Å². The van der Waals surface area contributed by atoms with Crippen molar-refractivity contribution in [3.8, 4) is 6.07 Å². The van der Waals surface area contributed by atoms with Gasteiger partial charge in [-0.25, -0.2) is 0 Å². The second-order valence-corrected chi connectivity index (χ2v) is 9.76. The molecule has 0 aromatic heterocycles. The van der Waals surface area contributed by atoms with Crippen molar-refractivity contribution in [3.63, 3.8) is 0 Å². The summed E-state index contributed by atoms with van der Waals surface area (Å²) in [4.78, 5) is 15.6. The first-order valence-corrected chi connectivity index (χ1v) is 11.7. The Morgan fingerprint density at radius 1 is 1.32 bits per heavy atom. The molecule has 1 saturated heterocycles. The first-order valence-electron chi connectivity index (χ1n) is 11.7. The molecule has 1 aliphatic heterocycles. The van der Waals surface area contributed by atoms with Crippen molar-refractivity contribution >= 4 is 11.9 Å². The Morgan fingerprint density at radius 2 is 2.10 bits per heavy atom. The van der Waals surface area contributed by atoms with Gasteiger partial charge in [0.25, 0.3) is 0 Å². The van der Waals surface area contributed by atoms with Gasteiger partial charge in [-0.3, -0.25) is 15.1 Å². The van der Waals surface area contributed by atoms with Gasteiger partial charge in [-0.05, 0) is 72.6 Å². The van der Waals surface area contributed by atoms with Crippen LogP contribution in [0.1, 0.15) is 74.5 Å². The molecule has 3 N–H and O–H groups in total. The van der Waals surface area contributed by atoms with E-state index in [1.807, 2.05) is 18.2 Å². The summed E-state index contributed by atoms with van der Waals surface area (Å²) in [6.45, 7) is 4.12. The topological polar surface area (TPSA) is 103 Å². The van der Waals surface area contributed by atoms with E-state index in [1.165, 1.54) is 16.9 Å². The lowest BCUT2D eigenvalue weighted by molar-refractivity contribution is -0.133. The third-order valence-electron chi connectivity index (χ3n) is 7.89. The van der Waals surface area contributed by atoms with Gasteiger partial charge < -0.3 is 10.5 Å². The number of nitrogens with zero attached hydrogens (tertiary/aromatic N) is 2. The molecular weight excluding hydrogens is 388 g/mol. The zero-order valence-corrected chi connectivity index (χ0v) is 18.5. The highest BCUT2D eigenvalue weighted by molar-refractivity contribution is 5.99. The van der Waals surface area contributed by atoms with Gasteiger partial charge in [-0.1, -0.05) is 32.3 Å². The van der Waals surface area contributed by atoms with Gasteiger partial charge in [-0.15, -0.1) is 0 Å². The second kappa shape index (κ2) is 9.00. The van der Waals surface area contributed by atoms with E-state index in [9.17, 15) is 10.1 Å². The maximum absolute atomic E-state index is 14.1. The summed E-state index contributed by atoms with van der Waals surface area (Å²) in [6, 6.07) is 8.05.